The molecule has 0 amide bonds. The van der Waals surface area contributed by atoms with Crippen LogP contribution in [0.15, 0.2) is 54.7 Å². The third-order valence-corrected chi connectivity index (χ3v) is 6.21. The number of carbonyl (C=O) groups excluding carboxylic acids is 1. The molecule has 0 saturated carbocycles. The van der Waals surface area contributed by atoms with Crippen molar-refractivity contribution in [2.24, 2.45) is 0 Å². The van der Waals surface area contributed by atoms with Gasteiger partial charge in [0, 0.05) is 29.8 Å². The van der Waals surface area contributed by atoms with Gasteiger partial charge in [0.15, 0.2) is 5.11 Å². The number of aryl methyl sites for hydroxylation is 1. The molecule has 0 spiro atoms. The molecular weight excluding hydrogens is 427 g/mol. The standard InChI is InChI=1S/C24H25FN4O2S/c1-15-14-19(16(2)29(15)18-9-7-17(25)8-10-18)23-22(20-6-4-5-12-26-20)27-24(32)28(23)13-11-21(30)31-3/h4-10,12,14,22-23H,11,13H2,1-3H3,(H,27,32)/t22-,23-/m1/s1. The molecule has 3 aromatic rings. The van der Waals surface area contributed by atoms with Crippen LogP contribution in [0.5, 0.6) is 0 Å². The van der Waals surface area contributed by atoms with E-state index in [0.717, 1.165) is 28.3 Å². The zero-order valence-electron chi connectivity index (χ0n) is 18.2. The summed E-state index contributed by atoms with van der Waals surface area (Å²) < 4.78 is 20.4. The van der Waals surface area contributed by atoms with E-state index in [1.165, 1.54) is 19.2 Å². The molecule has 32 heavy (non-hydrogen) atoms. The van der Waals surface area contributed by atoms with Crippen molar-refractivity contribution < 1.29 is 13.9 Å². The Kier molecular flexibility index (Phi) is 6.23. The molecule has 166 valence electrons. The number of hydrogen-bond acceptors (Lipinski definition) is 4. The highest BCUT2D eigenvalue weighted by atomic mass is 32.1. The molecule has 1 N–H and O–H groups in total. The highest BCUT2D eigenvalue weighted by molar-refractivity contribution is 7.80. The normalized spacial score (nSPS) is 18.0. The summed E-state index contributed by atoms with van der Waals surface area (Å²) in [6, 6.07) is 14.0. The van der Waals surface area contributed by atoms with Crippen molar-refractivity contribution in [3.63, 3.8) is 0 Å². The fourth-order valence-corrected chi connectivity index (χ4v) is 4.70. The first kappa shape index (κ1) is 22.0. The Bertz CT molecular complexity index is 1130. The second-order valence-electron chi connectivity index (χ2n) is 7.78. The first-order valence-corrected chi connectivity index (χ1v) is 10.8. The van der Waals surface area contributed by atoms with Gasteiger partial charge in [-0.2, -0.15) is 0 Å². The van der Waals surface area contributed by atoms with E-state index in [2.05, 4.69) is 20.9 Å². The Labute approximate surface area is 192 Å². The van der Waals surface area contributed by atoms with Gasteiger partial charge in [0.25, 0.3) is 0 Å². The van der Waals surface area contributed by atoms with Gasteiger partial charge in [-0.3, -0.25) is 9.78 Å². The number of methoxy groups -OCH3 is 1. The predicted octanol–water partition coefficient (Wildman–Crippen LogP) is 4.16. The number of pyridine rings is 1. The van der Waals surface area contributed by atoms with Crippen LogP contribution in [0.1, 0.15) is 41.1 Å². The second-order valence-corrected chi connectivity index (χ2v) is 8.17. The molecule has 2 atom stereocenters. The summed E-state index contributed by atoms with van der Waals surface area (Å²) in [4.78, 5) is 18.4. The van der Waals surface area contributed by atoms with Crippen LogP contribution < -0.4 is 5.32 Å². The number of thiocarbonyl (C=S) groups is 1. The molecule has 1 aromatic carbocycles. The van der Waals surface area contributed by atoms with Crippen LogP contribution in [0.25, 0.3) is 5.69 Å². The summed E-state index contributed by atoms with van der Waals surface area (Å²) in [6.07, 6.45) is 1.98. The smallest absolute Gasteiger partial charge is 0.307 e. The molecule has 3 heterocycles. The van der Waals surface area contributed by atoms with Gasteiger partial charge in [0.2, 0.25) is 0 Å². The minimum Gasteiger partial charge on any atom is -0.469 e. The molecule has 2 aromatic heterocycles. The number of ether oxygens (including phenoxy) is 1. The van der Waals surface area contributed by atoms with Crippen LogP contribution in [0.2, 0.25) is 0 Å². The fraction of sp³-hybridized carbons (Fsp3) is 0.292. The average molecular weight is 453 g/mol. The van der Waals surface area contributed by atoms with Gasteiger partial charge in [-0.05, 0) is 74.1 Å². The fourth-order valence-electron chi connectivity index (χ4n) is 4.37. The lowest BCUT2D eigenvalue weighted by Gasteiger charge is -2.28. The summed E-state index contributed by atoms with van der Waals surface area (Å²) in [5.74, 6) is -0.560. The van der Waals surface area contributed by atoms with Crippen molar-refractivity contribution in [3.05, 3.63) is 83.2 Å². The monoisotopic (exact) mass is 452 g/mol. The van der Waals surface area contributed by atoms with Gasteiger partial charge in [0.05, 0.1) is 31.3 Å². The Morgan fingerprint density at radius 2 is 1.97 bits per heavy atom. The number of halogens is 1. The first-order valence-electron chi connectivity index (χ1n) is 10.4. The number of nitrogens with zero attached hydrogens (tertiary/aromatic N) is 3. The first-order chi connectivity index (χ1) is 15.4. The molecule has 0 unspecified atom stereocenters. The predicted molar refractivity (Wildman–Crippen MR) is 124 cm³/mol. The van der Waals surface area contributed by atoms with Crippen molar-refractivity contribution in [2.75, 3.05) is 13.7 Å². The lowest BCUT2D eigenvalue weighted by molar-refractivity contribution is -0.140. The molecule has 6 nitrogen and oxygen atoms in total. The van der Waals surface area contributed by atoms with Crippen molar-refractivity contribution in [2.45, 2.75) is 32.4 Å². The second kappa shape index (κ2) is 9.08. The summed E-state index contributed by atoms with van der Waals surface area (Å²) in [5.41, 5.74) is 4.87. The van der Waals surface area contributed by atoms with Crippen molar-refractivity contribution >= 4 is 23.3 Å². The zero-order valence-corrected chi connectivity index (χ0v) is 19.0. The maximum atomic E-state index is 13.5. The average Bonchev–Trinajstić information content (AvgIpc) is 3.28. The van der Waals surface area contributed by atoms with Gasteiger partial charge in [-0.1, -0.05) is 6.07 Å². The third kappa shape index (κ3) is 4.10. The van der Waals surface area contributed by atoms with E-state index in [1.54, 1.807) is 18.3 Å². The van der Waals surface area contributed by atoms with Crippen LogP contribution in [0, 0.1) is 19.7 Å². The summed E-state index contributed by atoms with van der Waals surface area (Å²) in [6.45, 7) is 4.49. The number of rotatable bonds is 6. The highest BCUT2D eigenvalue weighted by Crippen LogP contribution is 2.41. The van der Waals surface area contributed by atoms with E-state index in [4.69, 9.17) is 17.0 Å². The number of benzene rings is 1. The van der Waals surface area contributed by atoms with Gasteiger partial charge < -0.3 is 19.5 Å². The Morgan fingerprint density at radius 1 is 1.22 bits per heavy atom. The molecule has 4 rings (SSSR count). The summed E-state index contributed by atoms with van der Waals surface area (Å²) in [5, 5.41) is 3.97. The summed E-state index contributed by atoms with van der Waals surface area (Å²) in [7, 11) is 1.38. The highest BCUT2D eigenvalue weighted by Gasteiger charge is 2.41. The van der Waals surface area contributed by atoms with Crippen molar-refractivity contribution in [3.8, 4) is 5.69 Å². The number of carbonyl (C=O) groups is 1. The maximum absolute atomic E-state index is 13.5. The molecule has 1 aliphatic heterocycles. The van der Waals surface area contributed by atoms with Crippen LogP contribution in [0.4, 0.5) is 4.39 Å². The van der Waals surface area contributed by atoms with E-state index in [-0.39, 0.29) is 30.3 Å². The SMILES string of the molecule is COC(=O)CCN1C(=S)N[C@H](c2ccccn2)[C@H]1c1cc(C)n(-c2ccc(F)cc2)c1C. The largest absolute Gasteiger partial charge is 0.469 e. The van der Waals surface area contributed by atoms with Crippen molar-refractivity contribution in [1.82, 2.24) is 19.8 Å². The topological polar surface area (TPSA) is 59.4 Å². The van der Waals surface area contributed by atoms with Crippen LogP contribution in [-0.4, -0.2) is 39.2 Å². The molecule has 0 bridgehead atoms. The van der Waals surface area contributed by atoms with E-state index in [1.807, 2.05) is 36.9 Å². The van der Waals surface area contributed by atoms with E-state index >= 15 is 0 Å². The van der Waals surface area contributed by atoms with E-state index < -0.39 is 0 Å². The van der Waals surface area contributed by atoms with Gasteiger partial charge in [-0.15, -0.1) is 0 Å². The van der Waals surface area contributed by atoms with Gasteiger partial charge in [-0.25, -0.2) is 4.39 Å². The molecule has 0 radical (unpaired) electrons. The van der Waals surface area contributed by atoms with Crippen LogP contribution in [0.3, 0.4) is 0 Å². The minimum absolute atomic E-state index is 0.164. The van der Waals surface area contributed by atoms with E-state index in [9.17, 15) is 9.18 Å². The van der Waals surface area contributed by atoms with Gasteiger partial charge in [0.1, 0.15) is 5.82 Å². The quantitative estimate of drug-likeness (QED) is 0.448. The number of esters is 1. The third-order valence-electron chi connectivity index (χ3n) is 5.86. The zero-order chi connectivity index (χ0) is 22.8. The minimum atomic E-state index is -0.287. The Balaban J connectivity index is 1.78. The van der Waals surface area contributed by atoms with Crippen molar-refractivity contribution in [1.29, 1.82) is 0 Å². The van der Waals surface area contributed by atoms with E-state index in [0.29, 0.717) is 11.7 Å². The Morgan fingerprint density at radius 3 is 2.62 bits per heavy atom. The maximum Gasteiger partial charge on any atom is 0.307 e. The lowest BCUT2D eigenvalue weighted by atomic mass is 9.96. The molecular formula is C24H25FN4O2S. The molecule has 8 heteroatoms. The van der Waals surface area contributed by atoms with Crippen LogP contribution >= 0.6 is 12.2 Å². The molecule has 1 saturated heterocycles. The molecule has 1 aliphatic rings. The lowest BCUT2D eigenvalue weighted by Crippen LogP contribution is -2.32. The molecule has 0 aliphatic carbocycles. The Hall–Kier alpha value is -3.26. The van der Waals surface area contributed by atoms with Gasteiger partial charge >= 0.3 is 5.97 Å². The number of aromatic nitrogens is 2. The number of nitrogens with one attached hydrogen (secondary N) is 1. The van der Waals surface area contributed by atoms with Crippen LogP contribution in [-0.2, 0) is 9.53 Å². The summed E-state index contributed by atoms with van der Waals surface area (Å²) >= 11 is 5.66. The molecule has 1 fully saturated rings. The number of hydrogen-bond donors (Lipinski definition) is 1.